The minimum Gasteiger partial charge on any atom is -0.394 e. The van der Waals surface area contributed by atoms with Crippen LogP contribution in [-0.4, -0.2) is 115 Å². The topological polar surface area (TPSA) is 197 Å². The van der Waals surface area contributed by atoms with Gasteiger partial charge in [0, 0.05) is 0 Å². The fourth-order valence-corrected chi connectivity index (χ4v) is 2.09. The molecule has 0 aliphatic carbocycles. The van der Waals surface area contributed by atoms with Gasteiger partial charge in [-0.25, -0.2) is 0 Å². The Balaban J connectivity index is 2.91. The van der Waals surface area contributed by atoms with Crippen LogP contribution in [-0.2, 0) is 14.3 Å². The van der Waals surface area contributed by atoms with Crippen LogP contribution < -0.4 is 0 Å². The van der Waals surface area contributed by atoms with Gasteiger partial charge in [0.15, 0.2) is 12.1 Å². The van der Waals surface area contributed by atoms with E-state index in [2.05, 4.69) is 0 Å². The number of ketones is 1. The van der Waals surface area contributed by atoms with Crippen molar-refractivity contribution in [2.75, 3.05) is 19.8 Å². The van der Waals surface area contributed by atoms with E-state index in [-0.39, 0.29) is 0 Å². The van der Waals surface area contributed by atoms with Crippen molar-refractivity contribution in [3.8, 4) is 0 Å². The summed E-state index contributed by atoms with van der Waals surface area (Å²) in [5, 5.41) is 75.1. The summed E-state index contributed by atoms with van der Waals surface area (Å²) in [4.78, 5) is 11.3. The van der Waals surface area contributed by atoms with Crippen LogP contribution >= 0.6 is 0 Å². The molecule has 0 aromatic carbocycles. The van der Waals surface area contributed by atoms with Gasteiger partial charge in [-0.05, 0) is 0 Å². The second-order valence-corrected chi connectivity index (χ2v) is 5.12. The van der Waals surface area contributed by atoms with Gasteiger partial charge in [0.1, 0.15) is 49.3 Å². The molecule has 1 rings (SSSR count). The number of aliphatic hydroxyl groups is 8. The van der Waals surface area contributed by atoms with E-state index < -0.39 is 74.6 Å². The molecule has 11 nitrogen and oxygen atoms in total. The number of Topliss-reactive ketones (excluding diaryl/α,β-unsaturated/α-hetero) is 1. The molecule has 1 aliphatic heterocycles. The van der Waals surface area contributed by atoms with E-state index >= 15 is 0 Å². The van der Waals surface area contributed by atoms with Crippen molar-refractivity contribution >= 4 is 5.78 Å². The second-order valence-electron chi connectivity index (χ2n) is 5.12. The van der Waals surface area contributed by atoms with Gasteiger partial charge in [-0.15, -0.1) is 0 Å². The Hall–Kier alpha value is -0.730. The summed E-state index contributed by atoms with van der Waals surface area (Å²) in [5.41, 5.74) is 0. The molecule has 1 heterocycles. The number of ether oxygens (including phenoxy) is 2. The van der Waals surface area contributed by atoms with Gasteiger partial charge in [0.2, 0.25) is 0 Å². The normalized spacial score (nSPS) is 35.6. The fraction of sp³-hybridized carbons (Fsp3) is 0.917. The highest BCUT2D eigenvalue weighted by Crippen LogP contribution is 2.24. The van der Waals surface area contributed by atoms with Crippen LogP contribution in [0.25, 0.3) is 0 Å². The molecule has 0 spiro atoms. The van der Waals surface area contributed by atoms with Crippen molar-refractivity contribution in [2.45, 2.75) is 49.0 Å². The first-order chi connectivity index (χ1) is 10.8. The molecule has 0 bridgehead atoms. The van der Waals surface area contributed by atoms with E-state index in [9.17, 15) is 30.3 Å². The first kappa shape index (κ1) is 20.3. The summed E-state index contributed by atoms with van der Waals surface area (Å²) >= 11 is 0. The van der Waals surface area contributed by atoms with E-state index in [4.69, 9.17) is 24.8 Å². The SMILES string of the molecule is O=C(CO)[C@@H](O)[C@H](O[C@H]1O[C@@H](CO)[C@H](O)[C@@H](O)[C@@H]1O)[C@H](O)CO. The first-order valence-electron chi connectivity index (χ1n) is 6.85. The van der Waals surface area contributed by atoms with Crippen LogP contribution in [0.15, 0.2) is 0 Å². The molecule has 8 N–H and O–H groups in total. The Morgan fingerprint density at radius 3 is 2.13 bits per heavy atom. The van der Waals surface area contributed by atoms with Crippen molar-refractivity contribution in [3.05, 3.63) is 0 Å². The monoisotopic (exact) mass is 342 g/mol. The predicted molar refractivity (Wildman–Crippen MR) is 69.8 cm³/mol. The molecule has 0 aromatic heterocycles. The lowest BCUT2D eigenvalue weighted by Crippen LogP contribution is -2.61. The third kappa shape index (κ3) is 4.64. The van der Waals surface area contributed by atoms with Crippen molar-refractivity contribution in [2.24, 2.45) is 0 Å². The molecule has 0 radical (unpaired) electrons. The van der Waals surface area contributed by atoms with E-state index in [0.29, 0.717) is 0 Å². The maximum atomic E-state index is 11.3. The Bertz CT molecular complexity index is 376. The fourth-order valence-electron chi connectivity index (χ4n) is 2.09. The summed E-state index contributed by atoms with van der Waals surface area (Å²) in [5.74, 6) is -1.12. The molecule has 11 heteroatoms. The van der Waals surface area contributed by atoms with Crippen molar-refractivity contribution in [1.29, 1.82) is 0 Å². The van der Waals surface area contributed by atoms with Gasteiger partial charge in [-0.1, -0.05) is 0 Å². The van der Waals surface area contributed by atoms with E-state index in [1.165, 1.54) is 0 Å². The van der Waals surface area contributed by atoms with Gasteiger partial charge >= 0.3 is 0 Å². The van der Waals surface area contributed by atoms with Crippen LogP contribution in [0.4, 0.5) is 0 Å². The van der Waals surface area contributed by atoms with Gasteiger partial charge in [0.05, 0.1) is 13.2 Å². The Kier molecular flexibility index (Phi) is 7.89. The zero-order valence-electron chi connectivity index (χ0n) is 12.0. The molecule has 0 saturated carbocycles. The average molecular weight is 342 g/mol. The summed E-state index contributed by atoms with van der Waals surface area (Å²) in [7, 11) is 0. The maximum absolute atomic E-state index is 11.3. The third-order valence-electron chi connectivity index (χ3n) is 3.50. The quantitative estimate of drug-likeness (QED) is 0.209. The minimum atomic E-state index is -2.05. The molecule has 8 atom stereocenters. The van der Waals surface area contributed by atoms with Crippen LogP contribution in [0.2, 0.25) is 0 Å². The second kappa shape index (κ2) is 8.94. The molecular formula is C12H22O11. The number of aliphatic hydroxyl groups excluding tert-OH is 8. The number of rotatable bonds is 8. The number of carbonyl (C=O) groups is 1. The zero-order valence-corrected chi connectivity index (χ0v) is 12.0. The van der Waals surface area contributed by atoms with Gasteiger partial charge in [-0.2, -0.15) is 0 Å². The molecular weight excluding hydrogens is 320 g/mol. The van der Waals surface area contributed by atoms with Crippen molar-refractivity contribution in [3.63, 3.8) is 0 Å². The molecule has 0 amide bonds. The van der Waals surface area contributed by atoms with Crippen LogP contribution in [0.1, 0.15) is 0 Å². The summed E-state index contributed by atoms with van der Waals surface area (Å²) in [6.07, 6.45) is -13.8. The van der Waals surface area contributed by atoms with Gasteiger partial charge in [0.25, 0.3) is 0 Å². The lowest BCUT2D eigenvalue weighted by atomic mass is 9.98. The van der Waals surface area contributed by atoms with Crippen LogP contribution in [0.3, 0.4) is 0 Å². The Labute approximate surface area is 130 Å². The number of hydrogen-bond acceptors (Lipinski definition) is 11. The summed E-state index contributed by atoms with van der Waals surface area (Å²) in [6.45, 7) is -2.71. The molecule has 0 aromatic rings. The molecule has 1 aliphatic rings. The lowest BCUT2D eigenvalue weighted by molar-refractivity contribution is -0.323. The van der Waals surface area contributed by atoms with Gasteiger partial charge < -0.3 is 50.3 Å². The molecule has 136 valence electrons. The highest BCUT2D eigenvalue weighted by molar-refractivity contribution is 5.84. The number of hydrogen-bond donors (Lipinski definition) is 8. The zero-order chi connectivity index (χ0) is 17.7. The Morgan fingerprint density at radius 2 is 1.65 bits per heavy atom. The van der Waals surface area contributed by atoms with Crippen molar-refractivity contribution in [1.82, 2.24) is 0 Å². The first-order valence-corrected chi connectivity index (χ1v) is 6.85. The van der Waals surface area contributed by atoms with E-state index in [1.54, 1.807) is 0 Å². The molecule has 23 heavy (non-hydrogen) atoms. The summed E-state index contributed by atoms with van der Waals surface area (Å²) in [6, 6.07) is 0. The van der Waals surface area contributed by atoms with Crippen LogP contribution in [0, 0.1) is 0 Å². The van der Waals surface area contributed by atoms with Gasteiger partial charge in [-0.3, -0.25) is 4.79 Å². The standard InChI is InChI=1S/C12H22O11/c13-1-4(16)7(18)11(5(17)2-14)23-12-10(21)9(20)8(19)6(3-15)22-12/h5-15,17-21H,1-3H2/t5-,6+,7-,8+,9-,10+,11-,12-/m1/s1. The lowest BCUT2D eigenvalue weighted by Gasteiger charge is -2.41. The Morgan fingerprint density at radius 1 is 1.04 bits per heavy atom. The summed E-state index contributed by atoms with van der Waals surface area (Å²) < 4.78 is 10.1. The molecule has 1 saturated heterocycles. The molecule has 1 fully saturated rings. The number of carbonyl (C=O) groups excluding carboxylic acids is 1. The van der Waals surface area contributed by atoms with E-state index in [0.717, 1.165) is 0 Å². The minimum absolute atomic E-state index is 0.726. The average Bonchev–Trinajstić information content (AvgIpc) is 2.57. The van der Waals surface area contributed by atoms with Crippen LogP contribution in [0.5, 0.6) is 0 Å². The van der Waals surface area contributed by atoms with E-state index in [1.807, 2.05) is 0 Å². The molecule has 0 unspecified atom stereocenters. The van der Waals surface area contributed by atoms with Crippen molar-refractivity contribution < 1.29 is 55.1 Å². The highest BCUT2D eigenvalue weighted by Gasteiger charge is 2.46. The maximum Gasteiger partial charge on any atom is 0.189 e. The highest BCUT2D eigenvalue weighted by atomic mass is 16.7. The smallest absolute Gasteiger partial charge is 0.189 e. The third-order valence-corrected chi connectivity index (χ3v) is 3.50. The largest absolute Gasteiger partial charge is 0.394 e. The predicted octanol–water partition coefficient (Wildman–Crippen LogP) is -5.55.